The number of sulfonamides is 1. The minimum absolute atomic E-state index is 0.0527. The minimum Gasteiger partial charge on any atom is -0.398 e. The van der Waals surface area contributed by atoms with Crippen LogP contribution in [0.15, 0.2) is 23.1 Å². The number of nitrogens with one attached hydrogen (secondary N) is 1. The lowest BCUT2D eigenvalue weighted by atomic mass is 9.83. The number of nitrogen functional groups attached to an aromatic ring is 1. The fourth-order valence-electron chi connectivity index (χ4n) is 2.60. The van der Waals surface area contributed by atoms with Crippen molar-refractivity contribution in [1.82, 2.24) is 4.72 Å². The zero-order valence-corrected chi connectivity index (χ0v) is 12.4. The van der Waals surface area contributed by atoms with Crippen LogP contribution < -0.4 is 10.5 Å². The van der Waals surface area contributed by atoms with Gasteiger partial charge in [0, 0.05) is 6.54 Å². The molecule has 0 heterocycles. The van der Waals surface area contributed by atoms with E-state index >= 15 is 0 Å². The van der Waals surface area contributed by atoms with Gasteiger partial charge in [0.2, 0.25) is 10.0 Å². The molecule has 6 heteroatoms. The van der Waals surface area contributed by atoms with Gasteiger partial charge in [-0.1, -0.05) is 19.8 Å². The first-order valence-electron chi connectivity index (χ1n) is 6.93. The van der Waals surface area contributed by atoms with Crippen LogP contribution in [0.4, 0.5) is 10.1 Å². The van der Waals surface area contributed by atoms with Crippen LogP contribution in [0.1, 0.15) is 32.6 Å². The molecule has 0 radical (unpaired) electrons. The summed E-state index contributed by atoms with van der Waals surface area (Å²) in [6, 6.07) is 3.33. The Morgan fingerprint density at radius 1 is 1.30 bits per heavy atom. The first-order chi connectivity index (χ1) is 9.38. The van der Waals surface area contributed by atoms with E-state index in [1.165, 1.54) is 6.07 Å². The third-order valence-corrected chi connectivity index (χ3v) is 5.46. The van der Waals surface area contributed by atoms with E-state index in [9.17, 15) is 12.8 Å². The molecule has 1 aliphatic carbocycles. The second-order valence-electron chi connectivity index (χ2n) is 5.66. The Hall–Kier alpha value is -1.14. The quantitative estimate of drug-likeness (QED) is 0.839. The lowest BCUT2D eigenvalue weighted by Crippen LogP contribution is -2.31. The molecule has 1 aromatic carbocycles. The summed E-state index contributed by atoms with van der Waals surface area (Å²) in [6.45, 7) is 2.64. The Morgan fingerprint density at radius 3 is 2.55 bits per heavy atom. The molecule has 0 bridgehead atoms. The predicted octanol–water partition coefficient (Wildman–Crippen LogP) is 2.51. The Kier molecular flexibility index (Phi) is 4.65. The van der Waals surface area contributed by atoms with Crippen LogP contribution in [-0.4, -0.2) is 15.0 Å². The molecule has 1 fully saturated rings. The molecular weight excluding hydrogens is 279 g/mol. The van der Waals surface area contributed by atoms with E-state index in [0.29, 0.717) is 12.5 Å². The third kappa shape index (κ3) is 3.70. The normalized spacial score (nSPS) is 23.7. The number of halogens is 1. The van der Waals surface area contributed by atoms with Gasteiger partial charge in [-0.15, -0.1) is 0 Å². The standard InChI is InChI=1S/C14H21FN2O2S/c1-10-2-4-11(5-3-10)9-17-20(18,19)14-7-6-12(15)8-13(14)16/h6-8,10-11,17H,2-5,9,16H2,1H3. The number of benzene rings is 1. The molecule has 112 valence electrons. The van der Waals surface area contributed by atoms with Crippen molar-refractivity contribution < 1.29 is 12.8 Å². The van der Waals surface area contributed by atoms with Gasteiger partial charge in [0.15, 0.2) is 0 Å². The Bertz CT molecular complexity index is 567. The molecule has 0 saturated heterocycles. The predicted molar refractivity (Wildman–Crippen MR) is 77.1 cm³/mol. The van der Waals surface area contributed by atoms with Crippen molar-refractivity contribution in [2.75, 3.05) is 12.3 Å². The van der Waals surface area contributed by atoms with Crippen LogP contribution in [0.5, 0.6) is 0 Å². The third-order valence-electron chi connectivity index (χ3n) is 3.96. The van der Waals surface area contributed by atoms with Gasteiger partial charge in [-0.3, -0.25) is 0 Å². The number of hydrogen-bond acceptors (Lipinski definition) is 3. The maximum atomic E-state index is 13.0. The largest absolute Gasteiger partial charge is 0.398 e. The van der Waals surface area contributed by atoms with Crippen LogP contribution in [-0.2, 0) is 10.0 Å². The summed E-state index contributed by atoms with van der Waals surface area (Å²) in [7, 11) is -3.66. The summed E-state index contributed by atoms with van der Waals surface area (Å²) in [6.07, 6.45) is 4.38. The highest BCUT2D eigenvalue weighted by atomic mass is 32.2. The molecular formula is C14H21FN2O2S. The summed E-state index contributed by atoms with van der Waals surface area (Å²) in [5.74, 6) is 0.570. The van der Waals surface area contributed by atoms with Crippen molar-refractivity contribution in [2.45, 2.75) is 37.5 Å². The lowest BCUT2D eigenvalue weighted by molar-refractivity contribution is 0.290. The first kappa shape index (κ1) is 15.3. The van der Waals surface area contributed by atoms with Crippen LogP contribution >= 0.6 is 0 Å². The zero-order chi connectivity index (χ0) is 14.8. The molecule has 0 amide bonds. The highest BCUT2D eigenvalue weighted by molar-refractivity contribution is 7.89. The average molecular weight is 300 g/mol. The van der Waals surface area contributed by atoms with Crippen LogP contribution in [0.2, 0.25) is 0 Å². The Balaban J connectivity index is 2.00. The first-order valence-corrected chi connectivity index (χ1v) is 8.41. The van der Waals surface area contributed by atoms with Crippen LogP contribution in [0.3, 0.4) is 0 Å². The summed E-state index contributed by atoms with van der Waals surface area (Å²) in [4.78, 5) is -0.0527. The van der Waals surface area contributed by atoms with E-state index in [4.69, 9.17) is 5.73 Å². The molecule has 1 aromatic rings. The number of hydrogen-bond donors (Lipinski definition) is 2. The number of nitrogens with two attached hydrogens (primary N) is 1. The molecule has 0 aromatic heterocycles. The topological polar surface area (TPSA) is 72.2 Å². The van der Waals surface area contributed by atoms with Gasteiger partial charge in [0.25, 0.3) is 0 Å². The van der Waals surface area contributed by atoms with Gasteiger partial charge in [-0.05, 0) is 42.9 Å². The highest BCUT2D eigenvalue weighted by Gasteiger charge is 2.22. The van der Waals surface area contributed by atoms with Crippen molar-refractivity contribution >= 4 is 15.7 Å². The van der Waals surface area contributed by atoms with Gasteiger partial charge in [0.05, 0.1) is 5.69 Å². The summed E-state index contributed by atoms with van der Waals surface area (Å²) < 4.78 is 39.9. The fourth-order valence-corrected chi connectivity index (χ4v) is 3.83. The van der Waals surface area contributed by atoms with E-state index in [0.717, 1.165) is 43.7 Å². The van der Waals surface area contributed by atoms with Gasteiger partial charge in [-0.2, -0.15) is 0 Å². The second-order valence-corrected chi connectivity index (χ2v) is 7.40. The molecule has 1 saturated carbocycles. The lowest BCUT2D eigenvalue weighted by Gasteiger charge is -2.26. The average Bonchev–Trinajstić information content (AvgIpc) is 2.37. The van der Waals surface area contributed by atoms with Gasteiger partial charge in [0.1, 0.15) is 10.7 Å². The number of anilines is 1. The molecule has 4 nitrogen and oxygen atoms in total. The Morgan fingerprint density at radius 2 is 1.95 bits per heavy atom. The fraction of sp³-hybridized carbons (Fsp3) is 0.571. The molecule has 3 N–H and O–H groups in total. The van der Waals surface area contributed by atoms with Crippen molar-refractivity contribution in [3.63, 3.8) is 0 Å². The zero-order valence-electron chi connectivity index (χ0n) is 11.6. The smallest absolute Gasteiger partial charge is 0.242 e. The summed E-state index contributed by atoms with van der Waals surface area (Å²) >= 11 is 0. The summed E-state index contributed by atoms with van der Waals surface area (Å²) in [5.41, 5.74) is 5.51. The van der Waals surface area contributed by atoms with Crippen LogP contribution in [0, 0.1) is 17.7 Å². The van der Waals surface area contributed by atoms with E-state index in [2.05, 4.69) is 11.6 Å². The van der Waals surface area contributed by atoms with Crippen molar-refractivity contribution in [1.29, 1.82) is 0 Å². The molecule has 1 aliphatic rings. The van der Waals surface area contributed by atoms with E-state index < -0.39 is 15.8 Å². The van der Waals surface area contributed by atoms with E-state index in [-0.39, 0.29) is 10.6 Å². The molecule has 20 heavy (non-hydrogen) atoms. The van der Waals surface area contributed by atoms with Crippen molar-refractivity contribution in [2.24, 2.45) is 11.8 Å². The maximum Gasteiger partial charge on any atom is 0.242 e. The van der Waals surface area contributed by atoms with Gasteiger partial charge < -0.3 is 5.73 Å². The SMILES string of the molecule is CC1CCC(CNS(=O)(=O)c2ccc(F)cc2N)CC1. The molecule has 0 unspecified atom stereocenters. The second kappa shape index (κ2) is 6.10. The Labute approximate surface area is 119 Å². The highest BCUT2D eigenvalue weighted by Crippen LogP contribution is 2.28. The van der Waals surface area contributed by atoms with Crippen molar-refractivity contribution in [3.05, 3.63) is 24.0 Å². The maximum absolute atomic E-state index is 13.0. The molecule has 0 atom stereocenters. The minimum atomic E-state index is -3.66. The molecule has 2 rings (SSSR count). The summed E-state index contributed by atoms with van der Waals surface area (Å²) in [5, 5.41) is 0. The monoisotopic (exact) mass is 300 g/mol. The number of rotatable bonds is 4. The van der Waals surface area contributed by atoms with Crippen molar-refractivity contribution in [3.8, 4) is 0 Å². The van der Waals surface area contributed by atoms with Gasteiger partial charge >= 0.3 is 0 Å². The van der Waals surface area contributed by atoms with Crippen LogP contribution in [0.25, 0.3) is 0 Å². The van der Waals surface area contributed by atoms with Gasteiger partial charge in [-0.25, -0.2) is 17.5 Å². The molecule has 0 spiro atoms. The molecule has 0 aliphatic heterocycles. The van der Waals surface area contributed by atoms with E-state index in [1.54, 1.807) is 0 Å². The van der Waals surface area contributed by atoms with E-state index in [1.807, 2.05) is 0 Å².